The van der Waals surface area contributed by atoms with Crippen LogP contribution in [0.5, 0.6) is 0 Å². The Hall–Kier alpha value is -3.48. The molecule has 4 aliphatic heterocycles. The van der Waals surface area contributed by atoms with Gasteiger partial charge in [0.2, 0.25) is 17.7 Å². The lowest BCUT2D eigenvalue weighted by Gasteiger charge is -2.40. The molecule has 1 aliphatic carbocycles. The van der Waals surface area contributed by atoms with Crippen LogP contribution in [-0.4, -0.2) is 112 Å². The van der Waals surface area contributed by atoms with E-state index < -0.39 is 46.9 Å². The molecule has 0 aromatic rings. The number of hydrogen-bond acceptors (Lipinski definition) is 8. The molecular formula is C33H55N7O6. The predicted molar refractivity (Wildman–Crippen MR) is 176 cm³/mol. The highest BCUT2D eigenvalue weighted by molar-refractivity contribution is 5.97. The zero-order valence-electron chi connectivity index (χ0n) is 28.6. The molecule has 0 radical (unpaired) electrons. The molecule has 4 atom stereocenters. The summed E-state index contributed by atoms with van der Waals surface area (Å²) in [6.45, 7) is 12.3. The SMILES string of the molecule is C1CCCCC1.CC.CCN1C(=O)C2CCCN2C12CC(C(=O)O)N(C(=O)C(NC(=O)CNC(=O)C1=CN=CCN1)C(C)(C)C)C2. The molecule has 4 unspecified atom stereocenters. The first kappa shape index (κ1) is 37.0. The molecule has 0 bridgehead atoms. The van der Waals surface area contributed by atoms with Crippen molar-refractivity contribution in [3.8, 4) is 0 Å². The zero-order chi connectivity index (χ0) is 34.1. The molecule has 13 heteroatoms. The van der Waals surface area contributed by atoms with Gasteiger partial charge in [-0.1, -0.05) is 73.1 Å². The third-order valence-corrected chi connectivity index (χ3v) is 9.31. The van der Waals surface area contributed by atoms with Crippen LogP contribution in [0.4, 0.5) is 0 Å². The van der Waals surface area contributed by atoms with Gasteiger partial charge in [-0.2, -0.15) is 0 Å². The Kier molecular flexibility index (Phi) is 13.2. The average molecular weight is 646 g/mol. The van der Waals surface area contributed by atoms with Crippen LogP contribution in [0.15, 0.2) is 16.9 Å². The molecule has 0 aromatic heterocycles. The molecule has 5 rings (SSSR count). The van der Waals surface area contributed by atoms with Crippen molar-refractivity contribution in [1.82, 2.24) is 30.7 Å². The number of aliphatic imine (C=N–C) groups is 1. The Morgan fingerprint density at radius 3 is 2.24 bits per heavy atom. The number of carbonyl (C=O) groups excluding carboxylic acids is 4. The number of nitrogens with one attached hydrogen (secondary N) is 3. The Morgan fingerprint density at radius 2 is 1.72 bits per heavy atom. The van der Waals surface area contributed by atoms with Crippen molar-refractivity contribution in [3.63, 3.8) is 0 Å². The molecular weight excluding hydrogens is 590 g/mol. The summed E-state index contributed by atoms with van der Waals surface area (Å²) in [5.41, 5.74) is -1.42. The van der Waals surface area contributed by atoms with Crippen molar-refractivity contribution >= 4 is 35.8 Å². The highest BCUT2D eigenvalue weighted by atomic mass is 16.4. The fourth-order valence-electron chi connectivity index (χ4n) is 7.10. The Morgan fingerprint density at radius 1 is 1.09 bits per heavy atom. The third-order valence-electron chi connectivity index (χ3n) is 9.31. The molecule has 1 spiro atoms. The van der Waals surface area contributed by atoms with Gasteiger partial charge in [-0.25, -0.2) is 4.79 Å². The fraction of sp³-hybridized carbons (Fsp3) is 0.758. The van der Waals surface area contributed by atoms with E-state index in [1.54, 1.807) is 31.9 Å². The summed E-state index contributed by atoms with van der Waals surface area (Å²) in [5.74, 6) is -2.79. The summed E-state index contributed by atoms with van der Waals surface area (Å²) >= 11 is 0. The summed E-state index contributed by atoms with van der Waals surface area (Å²) in [4.78, 5) is 73.6. The zero-order valence-corrected chi connectivity index (χ0v) is 28.6. The van der Waals surface area contributed by atoms with Crippen LogP contribution in [0, 0.1) is 5.41 Å². The van der Waals surface area contributed by atoms with Gasteiger partial charge in [0.05, 0.1) is 31.9 Å². The molecule has 4 heterocycles. The van der Waals surface area contributed by atoms with Crippen LogP contribution >= 0.6 is 0 Å². The highest BCUT2D eigenvalue weighted by Gasteiger charge is 2.64. The van der Waals surface area contributed by atoms with E-state index in [1.807, 2.05) is 20.8 Å². The quantitative estimate of drug-likeness (QED) is 0.328. The number of likely N-dealkylation sites (N-methyl/N-ethyl adjacent to an activating group) is 1. The van der Waals surface area contributed by atoms with Gasteiger partial charge in [0, 0.05) is 25.7 Å². The van der Waals surface area contributed by atoms with Crippen molar-refractivity contribution in [2.24, 2.45) is 10.4 Å². The van der Waals surface area contributed by atoms with Crippen LogP contribution < -0.4 is 16.0 Å². The predicted octanol–water partition coefficient (Wildman–Crippen LogP) is 2.22. The van der Waals surface area contributed by atoms with Crippen molar-refractivity contribution in [1.29, 1.82) is 0 Å². The monoisotopic (exact) mass is 645 g/mol. The van der Waals surface area contributed by atoms with Gasteiger partial charge in [0.15, 0.2) is 0 Å². The standard InChI is InChI=1S/C25H37N7O6.C6H12.C2H6/c1-5-31-21(35)16-7-6-10-32(16)25(31)11-17(23(37)38)30(14-25)22(36)19(24(2,3)4)29-18(33)13-28-20(34)15-12-26-8-9-27-15;1-2-4-6-5-3-1;1-2/h8,12,16-17,19,27H,5-7,9-11,13-14H2,1-4H3,(H,28,34)(H,29,33)(H,37,38);1-6H2;1-2H3. The van der Waals surface area contributed by atoms with Gasteiger partial charge in [-0.3, -0.25) is 29.1 Å². The molecule has 4 fully saturated rings. The molecule has 1 saturated carbocycles. The topological polar surface area (TPSA) is 164 Å². The molecule has 46 heavy (non-hydrogen) atoms. The molecule has 13 nitrogen and oxygen atoms in total. The van der Waals surface area contributed by atoms with Crippen LogP contribution in [0.1, 0.15) is 99.3 Å². The van der Waals surface area contributed by atoms with E-state index in [1.165, 1.54) is 49.6 Å². The maximum Gasteiger partial charge on any atom is 0.326 e. The summed E-state index contributed by atoms with van der Waals surface area (Å²) in [6, 6.07) is -2.49. The van der Waals surface area contributed by atoms with E-state index in [-0.39, 0.29) is 37.2 Å². The highest BCUT2D eigenvalue weighted by Crippen LogP contribution is 2.46. The number of nitrogens with zero attached hydrogens (tertiary/aromatic N) is 4. The first-order valence-corrected chi connectivity index (χ1v) is 17.1. The van der Waals surface area contributed by atoms with E-state index >= 15 is 0 Å². The fourth-order valence-corrected chi connectivity index (χ4v) is 7.10. The van der Waals surface area contributed by atoms with Gasteiger partial charge in [-0.05, 0) is 25.2 Å². The summed E-state index contributed by atoms with van der Waals surface area (Å²) in [6.07, 6.45) is 13.6. The van der Waals surface area contributed by atoms with Crippen LogP contribution in [0.25, 0.3) is 0 Å². The van der Waals surface area contributed by atoms with E-state index in [2.05, 4.69) is 25.8 Å². The lowest BCUT2D eigenvalue weighted by molar-refractivity contribution is -0.150. The second-order valence-corrected chi connectivity index (χ2v) is 13.4. The number of likely N-dealkylation sites (tertiary alicyclic amines) is 1. The molecule has 258 valence electrons. The van der Waals surface area contributed by atoms with Gasteiger partial charge >= 0.3 is 5.97 Å². The van der Waals surface area contributed by atoms with Crippen molar-refractivity contribution in [3.05, 3.63) is 11.9 Å². The van der Waals surface area contributed by atoms with E-state index in [0.717, 1.165) is 6.42 Å². The molecule has 3 saturated heterocycles. The smallest absolute Gasteiger partial charge is 0.326 e. The molecule has 5 aliphatic rings. The van der Waals surface area contributed by atoms with Crippen molar-refractivity contribution in [2.75, 3.05) is 32.7 Å². The Bertz CT molecular complexity index is 1170. The number of amides is 4. The largest absolute Gasteiger partial charge is 0.480 e. The van der Waals surface area contributed by atoms with Crippen molar-refractivity contribution < 1.29 is 29.1 Å². The maximum atomic E-state index is 13.9. The first-order valence-electron chi connectivity index (χ1n) is 17.1. The van der Waals surface area contributed by atoms with Gasteiger partial charge < -0.3 is 30.9 Å². The van der Waals surface area contributed by atoms with Crippen LogP contribution in [0.3, 0.4) is 0 Å². The second kappa shape index (κ2) is 16.4. The van der Waals surface area contributed by atoms with Gasteiger partial charge in [0.1, 0.15) is 23.4 Å². The number of rotatable bonds is 7. The minimum Gasteiger partial charge on any atom is -0.480 e. The number of carboxylic acids is 1. The average Bonchev–Trinajstić information content (AvgIpc) is 3.76. The van der Waals surface area contributed by atoms with E-state index in [9.17, 15) is 29.1 Å². The molecule has 0 aromatic carbocycles. The normalized spacial score (nSPS) is 26.1. The summed E-state index contributed by atoms with van der Waals surface area (Å²) in [7, 11) is 0. The molecule has 4 N–H and O–H groups in total. The lowest BCUT2D eigenvalue weighted by Crippen LogP contribution is -2.60. The lowest BCUT2D eigenvalue weighted by atomic mass is 9.85. The number of carbonyl (C=O) groups is 5. The number of hydrogen-bond donors (Lipinski definition) is 4. The third kappa shape index (κ3) is 8.26. The maximum absolute atomic E-state index is 13.9. The minimum atomic E-state index is -1.15. The summed E-state index contributed by atoms with van der Waals surface area (Å²) in [5, 5.41) is 18.2. The van der Waals surface area contributed by atoms with Crippen LogP contribution in [-0.2, 0) is 24.0 Å². The Balaban J connectivity index is 0.000000636. The molecule has 4 amide bonds. The Labute approximate surface area is 273 Å². The minimum absolute atomic E-state index is 0.0203. The number of aliphatic carboxylic acids is 1. The number of fused-ring (bicyclic) bond motifs is 2. The van der Waals surface area contributed by atoms with Crippen molar-refractivity contribution in [2.45, 2.75) is 123 Å². The summed E-state index contributed by atoms with van der Waals surface area (Å²) < 4.78 is 0. The number of carboxylic acid groups (broad SMARTS) is 1. The van der Waals surface area contributed by atoms with Gasteiger partial charge in [-0.15, -0.1) is 0 Å². The second-order valence-electron chi connectivity index (χ2n) is 13.4. The van der Waals surface area contributed by atoms with E-state index in [0.29, 0.717) is 26.1 Å². The van der Waals surface area contributed by atoms with Gasteiger partial charge in [0.25, 0.3) is 5.91 Å². The van der Waals surface area contributed by atoms with Crippen LogP contribution in [0.2, 0.25) is 0 Å². The first-order chi connectivity index (χ1) is 21.9. The van der Waals surface area contributed by atoms with E-state index in [4.69, 9.17) is 0 Å².